The van der Waals surface area contributed by atoms with Gasteiger partial charge in [0.15, 0.2) is 9.84 Å². The number of sulfone groups is 1. The number of aliphatic hydroxyl groups excluding tert-OH is 1. The van der Waals surface area contributed by atoms with Crippen LogP contribution in [-0.2, 0) is 9.84 Å². The molecule has 0 aliphatic rings. The second kappa shape index (κ2) is 6.74. The Hall–Kier alpha value is -1.85. The van der Waals surface area contributed by atoms with Crippen LogP contribution in [0.5, 0.6) is 0 Å². The molecular weight excluding hydrogens is 286 g/mol. The molecule has 5 heteroatoms. The fourth-order valence-corrected chi connectivity index (χ4v) is 3.11. The van der Waals surface area contributed by atoms with Crippen molar-refractivity contribution in [1.82, 2.24) is 0 Å². The molecule has 0 heterocycles. The summed E-state index contributed by atoms with van der Waals surface area (Å²) in [5, 5.41) is 13.1. The Morgan fingerprint density at radius 3 is 2.33 bits per heavy atom. The van der Waals surface area contributed by atoms with Crippen LogP contribution in [0.3, 0.4) is 0 Å². The Bertz CT molecular complexity index is 684. The maximum absolute atomic E-state index is 12.0. The summed E-state index contributed by atoms with van der Waals surface area (Å²) >= 11 is 0. The highest BCUT2D eigenvalue weighted by molar-refractivity contribution is 7.91. The molecule has 0 fully saturated rings. The summed E-state index contributed by atoms with van der Waals surface area (Å²) in [6, 6.07) is 16.0. The molecule has 0 saturated heterocycles. The smallest absolute Gasteiger partial charge is 0.180 e. The van der Waals surface area contributed by atoms with E-state index < -0.39 is 15.9 Å². The van der Waals surface area contributed by atoms with E-state index in [9.17, 15) is 13.5 Å². The average molecular weight is 305 g/mol. The third kappa shape index (κ3) is 3.83. The van der Waals surface area contributed by atoms with Gasteiger partial charge in [0.25, 0.3) is 0 Å². The fraction of sp³-hybridized carbons (Fsp3) is 0.250. The molecule has 0 amide bonds. The number of benzene rings is 2. The van der Waals surface area contributed by atoms with Gasteiger partial charge in [0.05, 0.1) is 22.4 Å². The number of nitrogens with one attached hydrogen (secondary N) is 1. The van der Waals surface area contributed by atoms with Gasteiger partial charge in [0.1, 0.15) is 0 Å². The van der Waals surface area contributed by atoms with Gasteiger partial charge in [0, 0.05) is 6.54 Å². The molecule has 4 nitrogen and oxygen atoms in total. The summed E-state index contributed by atoms with van der Waals surface area (Å²) in [4.78, 5) is 0.271. The van der Waals surface area contributed by atoms with Gasteiger partial charge >= 0.3 is 0 Å². The van der Waals surface area contributed by atoms with Gasteiger partial charge in [-0.05, 0) is 17.7 Å². The molecule has 0 spiro atoms. The second-order valence-corrected chi connectivity index (χ2v) is 6.95. The first-order valence-corrected chi connectivity index (χ1v) is 8.48. The first kappa shape index (κ1) is 15.5. The maximum Gasteiger partial charge on any atom is 0.180 e. The normalized spacial score (nSPS) is 12.9. The van der Waals surface area contributed by atoms with Crippen LogP contribution in [0.15, 0.2) is 59.5 Å². The molecule has 112 valence electrons. The van der Waals surface area contributed by atoms with Crippen LogP contribution in [0.25, 0.3) is 0 Å². The van der Waals surface area contributed by atoms with Crippen molar-refractivity contribution in [2.45, 2.75) is 17.9 Å². The molecule has 0 saturated carbocycles. The zero-order chi connectivity index (χ0) is 15.3. The molecule has 0 aromatic heterocycles. The van der Waals surface area contributed by atoms with Gasteiger partial charge in [-0.15, -0.1) is 0 Å². The van der Waals surface area contributed by atoms with Gasteiger partial charge in [-0.2, -0.15) is 0 Å². The van der Waals surface area contributed by atoms with Crippen LogP contribution < -0.4 is 5.32 Å². The van der Waals surface area contributed by atoms with Crippen molar-refractivity contribution in [3.05, 3.63) is 60.2 Å². The van der Waals surface area contributed by atoms with Gasteiger partial charge in [-0.1, -0.05) is 49.4 Å². The van der Waals surface area contributed by atoms with E-state index >= 15 is 0 Å². The molecule has 0 bridgehead atoms. The minimum absolute atomic E-state index is 0.0485. The lowest BCUT2D eigenvalue weighted by Crippen LogP contribution is -2.15. The molecule has 2 N–H and O–H groups in total. The van der Waals surface area contributed by atoms with Crippen molar-refractivity contribution in [1.29, 1.82) is 0 Å². The Morgan fingerprint density at radius 2 is 1.67 bits per heavy atom. The highest BCUT2D eigenvalue weighted by Crippen LogP contribution is 2.23. The predicted molar refractivity (Wildman–Crippen MR) is 84.1 cm³/mol. The lowest BCUT2D eigenvalue weighted by molar-refractivity contribution is 0.191. The van der Waals surface area contributed by atoms with Crippen LogP contribution in [0.4, 0.5) is 5.69 Å². The molecule has 2 aromatic rings. The fourth-order valence-electron chi connectivity index (χ4n) is 2.04. The van der Waals surface area contributed by atoms with Gasteiger partial charge in [-0.3, -0.25) is 0 Å². The van der Waals surface area contributed by atoms with E-state index in [0.29, 0.717) is 5.69 Å². The zero-order valence-electron chi connectivity index (χ0n) is 11.9. The monoisotopic (exact) mass is 305 g/mol. The highest BCUT2D eigenvalue weighted by atomic mass is 32.2. The van der Waals surface area contributed by atoms with Crippen molar-refractivity contribution in [2.75, 3.05) is 17.6 Å². The van der Waals surface area contributed by atoms with Crippen molar-refractivity contribution < 1.29 is 13.5 Å². The van der Waals surface area contributed by atoms with Crippen LogP contribution in [-0.4, -0.2) is 25.8 Å². The van der Waals surface area contributed by atoms with Gasteiger partial charge < -0.3 is 10.4 Å². The molecular formula is C16H19NO3S. The third-order valence-electron chi connectivity index (χ3n) is 3.27. The van der Waals surface area contributed by atoms with Crippen molar-refractivity contribution in [2.24, 2.45) is 0 Å². The van der Waals surface area contributed by atoms with Crippen LogP contribution in [0.1, 0.15) is 18.6 Å². The Morgan fingerprint density at radius 1 is 1.05 bits per heavy atom. The van der Waals surface area contributed by atoms with Crippen molar-refractivity contribution >= 4 is 15.5 Å². The molecule has 0 aliphatic carbocycles. The van der Waals surface area contributed by atoms with Crippen LogP contribution in [0.2, 0.25) is 0 Å². The SMILES string of the molecule is CCS(=O)(=O)c1ccccc1NCC(O)c1ccccc1. The minimum atomic E-state index is -3.29. The van der Waals surface area contributed by atoms with Gasteiger partial charge in [0.2, 0.25) is 0 Å². The van der Waals surface area contributed by atoms with Crippen molar-refractivity contribution in [3.8, 4) is 0 Å². The van der Waals surface area contributed by atoms with Crippen LogP contribution in [0, 0.1) is 0 Å². The van der Waals surface area contributed by atoms with E-state index in [1.165, 1.54) is 0 Å². The highest BCUT2D eigenvalue weighted by Gasteiger charge is 2.16. The molecule has 0 aliphatic heterocycles. The van der Waals surface area contributed by atoms with Gasteiger partial charge in [-0.25, -0.2) is 8.42 Å². The standard InChI is InChI=1S/C16H19NO3S/c1-2-21(19,20)16-11-7-6-10-14(16)17-12-15(18)13-8-4-3-5-9-13/h3-11,15,17-18H,2,12H2,1H3. The second-order valence-electron chi connectivity index (χ2n) is 4.71. The number of hydrogen-bond donors (Lipinski definition) is 2. The topological polar surface area (TPSA) is 66.4 Å². The summed E-state index contributed by atoms with van der Waals surface area (Å²) < 4.78 is 24.1. The summed E-state index contributed by atoms with van der Waals surface area (Å²) in [7, 11) is -3.29. The quantitative estimate of drug-likeness (QED) is 0.861. The first-order valence-electron chi connectivity index (χ1n) is 6.83. The van der Waals surface area contributed by atoms with E-state index in [-0.39, 0.29) is 17.2 Å². The molecule has 1 unspecified atom stereocenters. The molecule has 21 heavy (non-hydrogen) atoms. The predicted octanol–water partition coefficient (Wildman–Crippen LogP) is 2.63. The van der Waals surface area contributed by atoms with Crippen LogP contribution >= 0.6 is 0 Å². The first-order chi connectivity index (χ1) is 10.0. The summed E-state index contributed by atoms with van der Waals surface area (Å²) in [5.74, 6) is 0.0485. The lowest BCUT2D eigenvalue weighted by Gasteiger charge is -2.15. The molecule has 0 radical (unpaired) electrons. The molecule has 2 rings (SSSR count). The Kier molecular flexibility index (Phi) is 4.98. The summed E-state index contributed by atoms with van der Waals surface area (Å²) in [6.45, 7) is 1.87. The summed E-state index contributed by atoms with van der Waals surface area (Å²) in [6.07, 6.45) is -0.691. The Balaban J connectivity index is 2.14. The van der Waals surface area contributed by atoms with E-state index in [1.807, 2.05) is 30.3 Å². The maximum atomic E-state index is 12.0. The zero-order valence-corrected chi connectivity index (χ0v) is 12.7. The van der Waals surface area contributed by atoms with E-state index in [0.717, 1.165) is 5.56 Å². The third-order valence-corrected chi connectivity index (χ3v) is 5.06. The minimum Gasteiger partial charge on any atom is -0.387 e. The largest absolute Gasteiger partial charge is 0.387 e. The number of rotatable bonds is 6. The van der Waals surface area contributed by atoms with E-state index in [1.54, 1.807) is 31.2 Å². The van der Waals surface area contributed by atoms with Crippen molar-refractivity contribution in [3.63, 3.8) is 0 Å². The summed E-state index contributed by atoms with van der Waals surface area (Å²) in [5.41, 5.74) is 1.31. The average Bonchev–Trinajstić information content (AvgIpc) is 2.53. The molecule has 1 atom stereocenters. The Labute approximate surface area is 125 Å². The van der Waals surface area contributed by atoms with E-state index in [2.05, 4.69) is 5.32 Å². The number of anilines is 1. The van der Waals surface area contributed by atoms with E-state index in [4.69, 9.17) is 0 Å². The molecule has 2 aromatic carbocycles. The lowest BCUT2D eigenvalue weighted by atomic mass is 10.1. The number of para-hydroxylation sites is 1. The number of aliphatic hydroxyl groups is 1. The number of hydrogen-bond acceptors (Lipinski definition) is 4.